The first kappa shape index (κ1) is 72.4. The van der Waals surface area contributed by atoms with Gasteiger partial charge in [0, 0.05) is 6.42 Å². The van der Waals surface area contributed by atoms with E-state index in [0.29, 0.717) is 12.8 Å². The predicted octanol–water partition coefficient (Wildman–Crippen LogP) is 15.4. The van der Waals surface area contributed by atoms with Crippen LogP contribution in [0.15, 0.2) is 60.8 Å². The Kier molecular flexibility index (Phi) is 50.7. The molecule has 1 saturated heterocycles. The van der Waals surface area contributed by atoms with E-state index >= 15 is 0 Å². The molecular weight excluding hydrogens is 967 g/mol. The standard InChI is InChI=1S/C66H119NO10/c1-4-7-10-13-16-19-22-25-27-28-29-30-31-32-33-34-35-38-41-44-47-50-53-59(70)65(74)67-57(58(69)52-49-46-43-40-37-24-21-18-15-12-9-6-3)56-75-66-64(63(73)62(72)60(55-68)76-66)77-61(71)54-51-48-45-42-39-36-26-23-20-17-14-11-8-5-2/h8,11,16-17,19-20,25,27,49,52,57-60,62-64,66,68-70,72-73H,4-7,9-10,12-15,18,21-24,26,28-48,50-51,53-56H2,1-3H3,(H,67,74)/b11-8+,19-16-,20-17+,27-25-,52-49+. The van der Waals surface area contributed by atoms with Crippen LogP contribution >= 0.6 is 0 Å². The van der Waals surface area contributed by atoms with E-state index in [9.17, 15) is 35.1 Å². The molecule has 1 aliphatic heterocycles. The molecule has 0 radical (unpaired) electrons. The van der Waals surface area contributed by atoms with Crippen molar-refractivity contribution in [3.63, 3.8) is 0 Å². The number of hydrogen-bond donors (Lipinski definition) is 6. The number of allylic oxidation sites excluding steroid dienone is 9. The minimum Gasteiger partial charge on any atom is -0.454 e. The fourth-order valence-electron chi connectivity index (χ4n) is 9.84. The molecule has 11 heteroatoms. The highest BCUT2D eigenvalue weighted by molar-refractivity contribution is 5.80. The van der Waals surface area contributed by atoms with Crippen molar-refractivity contribution >= 4 is 11.9 Å². The Labute approximate surface area is 471 Å². The smallest absolute Gasteiger partial charge is 0.306 e. The van der Waals surface area contributed by atoms with Gasteiger partial charge in [0.1, 0.15) is 24.4 Å². The number of nitrogens with one attached hydrogen (secondary N) is 1. The van der Waals surface area contributed by atoms with Gasteiger partial charge in [-0.25, -0.2) is 0 Å². The largest absolute Gasteiger partial charge is 0.454 e. The fraction of sp³-hybridized carbons (Fsp3) is 0.818. The van der Waals surface area contributed by atoms with Crippen LogP contribution in [-0.2, 0) is 23.8 Å². The van der Waals surface area contributed by atoms with Crippen LogP contribution in [0.5, 0.6) is 0 Å². The van der Waals surface area contributed by atoms with Gasteiger partial charge in [-0.15, -0.1) is 0 Å². The van der Waals surface area contributed by atoms with Crippen LogP contribution < -0.4 is 5.32 Å². The van der Waals surface area contributed by atoms with Crippen molar-refractivity contribution in [1.82, 2.24) is 5.32 Å². The molecule has 0 spiro atoms. The van der Waals surface area contributed by atoms with Crippen LogP contribution in [0.2, 0.25) is 0 Å². The minimum absolute atomic E-state index is 0.114. The topological polar surface area (TPSA) is 175 Å². The summed E-state index contributed by atoms with van der Waals surface area (Å²) < 4.78 is 17.6. The molecule has 77 heavy (non-hydrogen) atoms. The molecule has 0 saturated carbocycles. The Morgan fingerprint density at radius 1 is 0.519 bits per heavy atom. The Hall–Kier alpha value is -2.64. The first-order chi connectivity index (χ1) is 37.7. The number of aliphatic hydroxyl groups excluding tert-OH is 5. The number of ether oxygens (including phenoxy) is 3. The third-order valence-corrected chi connectivity index (χ3v) is 14.9. The highest BCUT2D eigenvalue weighted by atomic mass is 16.7. The van der Waals surface area contributed by atoms with Crippen LogP contribution in [-0.4, -0.2) is 99.6 Å². The van der Waals surface area contributed by atoms with E-state index in [1.54, 1.807) is 6.08 Å². The number of carbonyl (C=O) groups is 2. The molecule has 0 aromatic carbocycles. The molecule has 11 nitrogen and oxygen atoms in total. The van der Waals surface area contributed by atoms with Gasteiger partial charge in [0.25, 0.3) is 0 Å². The quantitative estimate of drug-likeness (QED) is 0.0195. The lowest BCUT2D eigenvalue weighted by molar-refractivity contribution is -0.305. The van der Waals surface area contributed by atoms with Gasteiger partial charge >= 0.3 is 5.97 Å². The number of esters is 1. The summed E-state index contributed by atoms with van der Waals surface area (Å²) in [5.74, 6) is -1.20. The van der Waals surface area contributed by atoms with E-state index in [1.807, 2.05) is 6.08 Å². The van der Waals surface area contributed by atoms with Gasteiger partial charge in [0.2, 0.25) is 5.91 Å². The van der Waals surface area contributed by atoms with Gasteiger partial charge in [-0.3, -0.25) is 9.59 Å². The molecule has 0 aliphatic carbocycles. The Morgan fingerprint density at radius 2 is 0.935 bits per heavy atom. The molecule has 1 rings (SSSR count). The summed E-state index contributed by atoms with van der Waals surface area (Å²) in [5.41, 5.74) is 0. The summed E-state index contributed by atoms with van der Waals surface area (Å²) in [6.45, 7) is 5.66. The zero-order valence-electron chi connectivity index (χ0n) is 49.6. The monoisotopic (exact) mass is 1090 g/mol. The normalized spacial score (nSPS) is 19.4. The van der Waals surface area contributed by atoms with Crippen molar-refractivity contribution in [1.29, 1.82) is 0 Å². The van der Waals surface area contributed by atoms with E-state index in [1.165, 1.54) is 148 Å². The Morgan fingerprint density at radius 3 is 1.42 bits per heavy atom. The Balaban J connectivity index is 2.63. The van der Waals surface area contributed by atoms with Crippen LogP contribution in [0.3, 0.4) is 0 Å². The first-order valence-corrected chi connectivity index (χ1v) is 32.1. The number of carbonyl (C=O) groups excluding carboxylic acids is 2. The third-order valence-electron chi connectivity index (χ3n) is 14.9. The molecule has 8 atom stereocenters. The van der Waals surface area contributed by atoms with Crippen LogP contribution in [0.4, 0.5) is 0 Å². The second kappa shape index (κ2) is 54.0. The van der Waals surface area contributed by atoms with Crippen molar-refractivity contribution in [2.45, 2.75) is 333 Å². The lowest BCUT2D eigenvalue weighted by atomic mass is 9.99. The van der Waals surface area contributed by atoms with Gasteiger partial charge in [0.15, 0.2) is 12.4 Å². The summed E-state index contributed by atoms with van der Waals surface area (Å²) in [7, 11) is 0. The van der Waals surface area contributed by atoms with Crippen molar-refractivity contribution in [3.8, 4) is 0 Å². The maximum absolute atomic E-state index is 13.4. The lowest BCUT2D eigenvalue weighted by Gasteiger charge is -2.41. The second-order valence-corrected chi connectivity index (χ2v) is 22.1. The predicted molar refractivity (Wildman–Crippen MR) is 320 cm³/mol. The molecule has 1 aliphatic rings. The minimum atomic E-state index is -1.62. The average molecular weight is 1090 g/mol. The summed E-state index contributed by atoms with van der Waals surface area (Å²) in [5, 5.41) is 57.0. The van der Waals surface area contributed by atoms with Crippen LogP contribution in [0, 0.1) is 0 Å². The summed E-state index contributed by atoms with van der Waals surface area (Å²) in [4.78, 5) is 26.5. The molecular formula is C66H119NO10. The summed E-state index contributed by atoms with van der Waals surface area (Å²) in [6.07, 6.45) is 56.9. The van der Waals surface area contributed by atoms with Crippen molar-refractivity contribution in [2.24, 2.45) is 0 Å². The van der Waals surface area contributed by atoms with Crippen molar-refractivity contribution in [3.05, 3.63) is 60.8 Å². The SMILES string of the molecule is CC/C=C/C/C=C/CCCCCCCCCC(=O)OC1C(OCC(NC(=O)C(O)CCCCCCCCCCCCCC/C=C\C/C=C\CCCCC)C(O)/C=C/CCCCCCCCCCCC)OC(CO)C(O)C1O. The molecule has 0 bridgehead atoms. The van der Waals surface area contributed by atoms with E-state index in [2.05, 4.69) is 74.7 Å². The number of hydrogen-bond acceptors (Lipinski definition) is 10. The van der Waals surface area contributed by atoms with Crippen molar-refractivity contribution in [2.75, 3.05) is 13.2 Å². The maximum Gasteiger partial charge on any atom is 0.306 e. The molecule has 1 fully saturated rings. The van der Waals surface area contributed by atoms with E-state index in [4.69, 9.17) is 14.2 Å². The fourth-order valence-corrected chi connectivity index (χ4v) is 9.84. The van der Waals surface area contributed by atoms with Crippen LogP contribution in [0.25, 0.3) is 0 Å². The van der Waals surface area contributed by atoms with E-state index in [0.717, 1.165) is 89.9 Å². The number of amides is 1. The number of aliphatic hydroxyl groups is 5. The third kappa shape index (κ3) is 42.0. The summed E-state index contributed by atoms with van der Waals surface area (Å²) in [6, 6.07) is -1.03. The van der Waals surface area contributed by atoms with E-state index < -0.39 is 67.4 Å². The zero-order chi connectivity index (χ0) is 56.1. The second-order valence-electron chi connectivity index (χ2n) is 22.1. The maximum atomic E-state index is 13.4. The van der Waals surface area contributed by atoms with Gasteiger partial charge in [-0.05, 0) is 83.5 Å². The molecule has 1 heterocycles. The Bertz CT molecular complexity index is 1480. The van der Waals surface area contributed by atoms with Crippen LogP contribution in [0.1, 0.15) is 284 Å². The highest BCUT2D eigenvalue weighted by Gasteiger charge is 2.47. The average Bonchev–Trinajstić information content (AvgIpc) is 3.43. The number of unbranched alkanes of at least 4 members (excludes halogenated alkanes) is 32. The summed E-state index contributed by atoms with van der Waals surface area (Å²) >= 11 is 0. The molecule has 1 amide bonds. The molecule has 6 N–H and O–H groups in total. The lowest BCUT2D eigenvalue weighted by Crippen LogP contribution is -2.61. The molecule has 0 aromatic heterocycles. The van der Waals surface area contributed by atoms with Gasteiger partial charge < -0.3 is 45.1 Å². The molecule has 8 unspecified atom stereocenters. The number of rotatable bonds is 54. The first-order valence-electron chi connectivity index (χ1n) is 32.1. The highest BCUT2D eigenvalue weighted by Crippen LogP contribution is 2.26. The molecule has 0 aromatic rings. The van der Waals surface area contributed by atoms with E-state index in [-0.39, 0.29) is 19.4 Å². The van der Waals surface area contributed by atoms with Gasteiger partial charge in [0.05, 0.1) is 25.4 Å². The zero-order valence-corrected chi connectivity index (χ0v) is 49.6. The molecule has 448 valence electrons. The van der Waals surface area contributed by atoms with Gasteiger partial charge in [-0.2, -0.15) is 0 Å². The van der Waals surface area contributed by atoms with Gasteiger partial charge in [-0.1, -0.05) is 255 Å². The van der Waals surface area contributed by atoms with Crippen molar-refractivity contribution < 1.29 is 49.3 Å².